The maximum atomic E-state index is 11.0. The predicted molar refractivity (Wildman–Crippen MR) is 61.7 cm³/mol. The highest BCUT2D eigenvalue weighted by Gasteiger charge is 2.03. The van der Waals surface area contributed by atoms with Gasteiger partial charge in [-0.1, -0.05) is 13.8 Å². The average molecular weight is 226 g/mol. The number of carbonyl (C=O) groups excluding carboxylic acids is 1. The van der Waals surface area contributed by atoms with Gasteiger partial charge in [0.1, 0.15) is 12.4 Å². The van der Waals surface area contributed by atoms with E-state index in [2.05, 4.69) is 4.74 Å². The van der Waals surface area contributed by atoms with E-state index in [0.717, 1.165) is 0 Å². The summed E-state index contributed by atoms with van der Waals surface area (Å²) in [5, 5.41) is 8.51. The number of methoxy groups -OCH3 is 1. The van der Waals surface area contributed by atoms with Crippen molar-refractivity contribution in [3.05, 3.63) is 29.8 Å². The van der Waals surface area contributed by atoms with Crippen LogP contribution in [-0.2, 0) is 4.74 Å². The van der Waals surface area contributed by atoms with Crippen molar-refractivity contribution in [2.45, 2.75) is 13.8 Å². The monoisotopic (exact) mass is 226 g/mol. The molecular weight excluding hydrogens is 208 g/mol. The normalized spacial score (nSPS) is 8.75. The Hall–Kier alpha value is -1.55. The van der Waals surface area contributed by atoms with E-state index in [1.807, 2.05) is 13.8 Å². The summed E-state index contributed by atoms with van der Waals surface area (Å²) in [6, 6.07) is 6.53. The van der Waals surface area contributed by atoms with Gasteiger partial charge >= 0.3 is 5.97 Å². The number of hydrogen-bond donors (Lipinski definition) is 1. The summed E-state index contributed by atoms with van der Waals surface area (Å²) < 4.78 is 9.66. The Balaban J connectivity index is 0.00000106. The Labute approximate surface area is 95.8 Å². The van der Waals surface area contributed by atoms with Crippen LogP contribution in [-0.4, -0.2) is 31.4 Å². The second-order valence-corrected chi connectivity index (χ2v) is 2.59. The number of ether oxygens (including phenoxy) is 2. The third-order valence-electron chi connectivity index (χ3n) is 1.64. The van der Waals surface area contributed by atoms with Crippen LogP contribution in [0.1, 0.15) is 24.2 Å². The van der Waals surface area contributed by atoms with E-state index in [1.54, 1.807) is 24.3 Å². The zero-order valence-electron chi connectivity index (χ0n) is 9.90. The SMILES string of the molecule is CC.COC(=O)c1ccc(OCCO)cc1. The molecule has 0 aliphatic rings. The van der Waals surface area contributed by atoms with Crippen molar-refractivity contribution in [1.82, 2.24) is 0 Å². The van der Waals surface area contributed by atoms with Crippen LogP contribution in [0.25, 0.3) is 0 Å². The molecule has 90 valence electrons. The highest BCUT2D eigenvalue weighted by molar-refractivity contribution is 5.89. The number of aliphatic hydroxyl groups is 1. The van der Waals surface area contributed by atoms with E-state index in [4.69, 9.17) is 9.84 Å². The molecule has 4 nitrogen and oxygen atoms in total. The molecule has 1 N–H and O–H groups in total. The van der Waals surface area contributed by atoms with E-state index < -0.39 is 0 Å². The predicted octanol–water partition coefficient (Wildman–Crippen LogP) is 1.87. The van der Waals surface area contributed by atoms with E-state index in [9.17, 15) is 4.79 Å². The maximum absolute atomic E-state index is 11.0. The quantitative estimate of drug-likeness (QED) is 0.796. The summed E-state index contributed by atoms with van der Waals surface area (Å²) in [6.45, 7) is 4.22. The summed E-state index contributed by atoms with van der Waals surface area (Å²) in [5.74, 6) is 0.241. The largest absolute Gasteiger partial charge is 0.491 e. The molecule has 1 aromatic rings. The zero-order valence-corrected chi connectivity index (χ0v) is 9.90. The van der Waals surface area contributed by atoms with Crippen LogP contribution in [0, 0.1) is 0 Å². The first-order valence-corrected chi connectivity index (χ1v) is 5.20. The summed E-state index contributed by atoms with van der Waals surface area (Å²) in [4.78, 5) is 11.0. The zero-order chi connectivity index (χ0) is 12.4. The lowest BCUT2D eigenvalue weighted by Crippen LogP contribution is -2.03. The van der Waals surface area contributed by atoms with Gasteiger partial charge in [-0.05, 0) is 24.3 Å². The Morgan fingerprint density at radius 2 is 1.81 bits per heavy atom. The summed E-state index contributed by atoms with van der Waals surface area (Å²) in [5.41, 5.74) is 0.476. The molecule has 0 bridgehead atoms. The highest BCUT2D eigenvalue weighted by Crippen LogP contribution is 2.12. The molecule has 0 aliphatic carbocycles. The number of esters is 1. The van der Waals surface area contributed by atoms with Crippen LogP contribution < -0.4 is 4.74 Å². The molecule has 0 spiro atoms. The molecule has 1 rings (SSSR count). The lowest BCUT2D eigenvalue weighted by atomic mass is 10.2. The molecule has 16 heavy (non-hydrogen) atoms. The number of aliphatic hydroxyl groups excluding tert-OH is 1. The Morgan fingerprint density at radius 3 is 2.25 bits per heavy atom. The molecular formula is C12H18O4. The fraction of sp³-hybridized carbons (Fsp3) is 0.417. The van der Waals surface area contributed by atoms with Crippen LogP contribution in [0.4, 0.5) is 0 Å². The molecule has 0 aromatic heterocycles. The van der Waals surface area contributed by atoms with Gasteiger partial charge < -0.3 is 14.6 Å². The van der Waals surface area contributed by atoms with Crippen LogP contribution in [0.2, 0.25) is 0 Å². The van der Waals surface area contributed by atoms with Gasteiger partial charge in [-0.2, -0.15) is 0 Å². The summed E-state index contributed by atoms with van der Waals surface area (Å²) in [7, 11) is 1.33. The standard InChI is InChI=1S/C10H12O4.C2H6/c1-13-10(12)8-2-4-9(5-3-8)14-7-6-11;1-2/h2-5,11H,6-7H2,1H3;1-2H3. The lowest BCUT2D eigenvalue weighted by molar-refractivity contribution is 0.0600. The van der Waals surface area contributed by atoms with Crippen molar-refractivity contribution < 1.29 is 19.4 Å². The Kier molecular flexibility index (Phi) is 7.89. The minimum absolute atomic E-state index is 0.0290. The van der Waals surface area contributed by atoms with E-state index >= 15 is 0 Å². The van der Waals surface area contributed by atoms with E-state index in [0.29, 0.717) is 11.3 Å². The van der Waals surface area contributed by atoms with Gasteiger partial charge in [0, 0.05) is 0 Å². The molecule has 0 saturated heterocycles. The first-order chi connectivity index (χ1) is 7.77. The van der Waals surface area contributed by atoms with E-state index in [1.165, 1.54) is 7.11 Å². The van der Waals surface area contributed by atoms with Crippen molar-refractivity contribution in [1.29, 1.82) is 0 Å². The molecule has 0 amide bonds. The first-order valence-electron chi connectivity index (χ1n) is 5.20. The third-order valence-corrected chi connectivity index (χ3v) is 1.64. The number of rotatable bonds is 4. The van der Waals surface area contributed by atoms with Gasteiger partial charge in [-0.25, -0.2) is 4.79 Å². The molecule has 1 aromatic carbocycles. The van der Waals surface area contributed by atoms with Crippen LogP contribution >= 0.6 is 0 Å². The molecule has 4 heteroatoms. The molecule has 0 fully saturated rings. The average Bonchev–Trinajstić information content (AvgIpc) is 2.38. The second-order valence-electron chi connectivity index (χ2n) is 2.59. The van der Waals surface area contributed by atoms with E-state index in [-0.39, 0.29) is 19.2 Å². The Morgan fingerprint density at radius 1 is 1.25 bits per heavy atom. The fourth-order valence-corrected chi connectivity index (χ4v) is 0.969. The third kappa shape index (κ3) is 4.79. The van der Waals surface area contributed by atoms with Crippen molar-refractivity contribution in [3.63, 3.8) is 0 Å². The Bertz CT molecular complexity index is 292. The van der Waals surface area contributed by atoms with Crippen LogP contribution in [0.5, 0.6) is 5.75 Å². The summed E-state index contributed by atoms with van der Waals surface area (Å²) in [6.07, 6.45) is 0. The molecule has 0 saturated carbocycles. The van der Waals surface area contributed by atoms with Gasteiger partial charge in [-0.15, -0.1) is 0 Å². The molecule has 0 heterocycles. The molecule has 0 aliphatic heterocycles. The van der Waals surface area contributed by atoms with Gasteiger partial charge in [0.2, 0.25) is 0 Å². The van der Waals surface area contributed by atoms with Crippen LogP contribution in [0.3, 0.4) is 0 Å². The molecule has 0 atom stereocenters. The maximum Gasteiger partial charge on any atom is 0.337 e. The number of hydrogen-bond acceptors (Lipinski definition) is 4. The van der Waals surface area contributed by atoms with Gasteiger partial charge in [-0.3, -0.25) is 0 Å². The van der Waals surface area contributed by atoms with Crippen molar-refractivity contribution in [2.75, 3.05) is 20.3 Å². The topological polar surface area (TPSA) is 55.8 Å². The van der Waals surface area contributed by atoms with Crippen LogP contribution in [0.15, 0.2) is 24.3 Å². The van der Waals surface area contributed by atoms with Gasteiger partial charge in [0.15, 0.2) is 0 Å². The molecule has 0 unspecified atom stereocenters. The lowest BCUT2D eigenvalue weighted by Gasteiger charge is -2.04. The number of benzene rings is 1. The van der Waals surface area contributed by atoms with Gasteiger partial charge in [0.25, 0.3) is 0 Å². The van der Waals surface area contributed by atoms with Gasteiger partial charge in [0.05, 0.1) is 19.3 Å². The minimum Gasteiger partial charge on any atom is -0.491 e. The first kappa shape index (κ1) is 14.5. The smallest absolute Gasteiger partial charge is 0.337 e. The fourth-order valence-electron chi connectivity index (χ4n) is 0.969. The van der Waals surface area contributed by atoms with Crippen molar-refractivity contribution in [2.24, 2.45) is 0 Å². The van der Waals surface area contributed by atoms with Crippen molar-refractivity contribution >= 4 is 5.97 Å². The highest BCUT2D eigenvalue weighted by atomic mass is 16.5. The molecule has 0 radical (unpaired) electrons. The second kappa shape index (κ2) is 8.73. The number of carbonyl (C=O) groups is 1. The van der Waals surface area contributed by atoms with Crippen molar-refractivity contribution in [3.8, 4) is 5.75 Å². The minimum atomic E-state index is -0.376. The summed E-state index contributed by atoms with van der Waals surface area (Å²) >= 11 is 0.